The summed E-state index contributed by atoms with van der Waals surface area (Å²) in [5, 5.41) is 58.9. The van der Waals surface area contributed by atoms with E-state index in [0.717, 1.165) is 11.0 Å². The number of rotatable bonds is 41. The molecule has 133 heavy (non-hydrogen) atoms. The number of hydrogen-bond donors (Lipinski definition) is 13. The number of ether oxygens (including phenoxy) is 3. The van der Waals surface area contributed by atoms with E-state index < -0.39 is 194 Å². The minimum absolute atomic E-state index is 0.00758. The van der Waals surface area contributed by atoms with Gasteiger partial charge in [0.15, 0.2) is 0 Å². The van der Waals surface area contributed by atoms with Crippen LogP contribution in [0.5, 0.6) is 0 Å². The van der Waals surface area contributed by atoms with Crippen molar-refractivity contribution in [3.8, 4) is 0 Å². The number of carbonyl (C=O) groups is 16. The van der Waals surface area contributed by atoms with Crippen LogP contribution in [0.2, 0.25) is 0 Å². The molecule has 0 radical (unpaired) electrons. The molecular formula is C91H125N19O23. The fraction of sp³-hybridized carbons (Fsp3) is 0.538. The van der Waals surface area contributed by atoms with E-state index in [0.29, 0.717) is 45.2 Å². The van der Waals surface area contributed by atoms with E-state index in [1.165, 1.54) is 19.6 Å². The number of anilines is 2. The van der Waals surface area contributed by atoms with Crippen LogP contribution in [0.15, 0.2) is 84.9 Å². The van der Waals surface area contributed by atoms with E-state index in [2.05, 4.69) is 57.2 Å². The Kier molecular flexibility index (Phi) is 37.2. The van der Waals surface area contributed by atoms with Gasteiger partial charge in [0.25, 0.3) is 11.8 Å². The van der Waals surface area contributed by atoms with Crippen molar-refractivity contribution >= 4 is 128 Å². The Balaban J connectivity index is 0.926. The molecule has 5 heterocycles. The third-order valence-corrected chi connectivity index (χ3v) is 21.7. The van der Waals surface area contributed by atoms with Gasteiger partial charge in [-0.15, -0.1) is 0 Å². The molecule has 722 valence electrons. The number of amides is 9. The number of carboxylic acid groups (broad SMARTS) is 4. The number of aliphatic carboxylic acids is 4. The molecule has 9 amide bonds. The van der Waals surface area contributed by atoms with Gasteiger partial charge in [-0.2, -0.15) is 0 Å². The number of imidazole rings is 2. The van der Waals surface area contributed by atoms with Crippen LogP contribution in [0.25, 0.3) is 22.1 Å². The van der Waals surface area contributed by atoms with Crippen LogP contribution in [0.1, 0.15) is 170 Å². The van der Waals surface area contributed by atoms with Gasteiger partial charge in [0, 0.05) is 147 Å². The summed E-state index contributed by atoms with van der Waals surface area (Å²) in [5.74, 6) is -12.6. The van der Waals surface area contributed by atoms with Crippen LogP contribution in [-0.4, -0.2) is 340 Å². The van der Waals surface area contributed by atoms with Gasteiger partial charge in [-0.25, -0.2) is 9.97 Å². The van der Waals surface area contributed by atoms with Crippen LogP contribution < -0.4 is 37.2 Å². The number of aromatic nitrogens is 4. The largest absolute Gasteiger partial charge is 0.481 e. The topological polar surface area (TPSA) is 549 Å². The normalized spacial score (nSPS) is 16.4. The number of H-pyrrole nitrogens is 2. The van der Waals surface area contributed by atoms with Crippen LogP contribution in [0.4, 0.5) is 11.4 Å². The first-order valence-electron chi connectivity index (χ1n) is 44.4. The average molecular weight is 1850 g/mol. The van der Waals surface area contributed by atoms with Gasteiger partial charge in [-0.3, -0.25) is 96.3 Å². The van der Waals surface area contributed by atoms with Crippen molar-refractivity contribution < 1.29 is 111 Å². The molecule has 0 unspecified atom stereocenters. The highest BCUT2D eigenvalue weighted by molar-refractivity contribution is 5.98. The summed E-state index contributed by atoms with van der Waals surface area (Å²) in [6.45, 7) is 14.8. The summed E-state index contributed by atoms with van der Waals surface area (Å²) in [5.41, 5.74) is 2.62. The zero-order valence-corrected chi connectivity index (χ0v) is 77.2. The van der Waals surface area contributed by atoms with Crippen molar-refractivity contribution in [2.45, 2.75) is 200 Å². The third-order valence-electron chi connectivity index (χ3n) is 21.7. The van der Waals surface area contributed by atoms with E-state index in [1.54, 1.807) is 128 Å². The molecule has 0 saturated carbocycles. The lowest BCUT2D eigenvalue weighted by atomic mass is 10.1. The van der Waals surface area contributed by atoms with Crippen molar-refractivity contribution in [1.82, 2.24) is 85.7 Å². The first kappa shape index (κ1) is 104. The second-order valence-electron chi connectivity index (χ2n) is 36.4. The molecule has 4 aromatic carbocycles. The van der Waals surface area contributed by atoms with Crippen molar-refractivity contribution in [2.75, 3.05) is 129 Å². The van der Waals surface area contributed by atoms with Crippen LogP contribution >= 0.6 is 0 Å². The number of nitrogens with one attached hydrogen (secondary N) is 9. The summed E-state index contributed by atoms with van der Waals surface area (Å²) in [6, 6.07) is 16.7. The SMILES string of the molecule is CN(Cc1nc2ccccc2[nH]1)C(=O)c1ccc2c(c1)CN(CCCNC(=O)[C@H](CCC(=O)O)NC(=O)[C@H](CCC(=O)N[C@@H](CCC(=O)O)C(=O)NCCCN1Cc3cc(C(=O)N(C)Cc4nc5ccccc5[nH]4)ccc3N[C@H](CC(=O)O)C1=O)NC(=O)CN1CCN(CC(=O)OC(C)(C)C)CCN(CC(=O)OC(C)(C)C)CCN(CC(=O)OC(C)(C)C)CC1)C(=O)[C@H](CC(=O)O)N2. The number of hydrogen-bond acceptors (Lipinski definition) is 27. The van der Waals surface area contributed by atoms with Crippen molar-refractivity contribution in [2.24, 2.45) is 0 Å². The summed E-state index contributed by atoms with van der Waals surface area (Å²) < 4.78 is 17.1. The fourth-order valence-electron chi connectivity index (χ4n) is 15.4. The molecule has 6 aromatic rings. The second-order valence-corrected chi connectivity index (χ2v) is 36.4. The molecule has 3 aliphatic heterocycles. The Bertz CT molecular complexity index is 5080. The van der Waals surface area contributed by atoms with Gasteiger partial charge < -0.3 is 101 Å². The quantitative estimate of drug-likeness (QED) is 0.0149. The third kappa shape index (κ3) is 33.8. The molecule has 42 heteroatoms. The van der Waals surface area contributed by atoms with E-state index in [-0.39, 0.29) is 154 Å². The molecule has 2 aromatic heterocycles. The number of carboxylic acids is 4. The molecule has 0 spiro atoms. The van der Waals surface area contributed by atoms with Crippen LogP contribution in [0.3, 0.4) is 0 Å². The number of nitrogens with zero attached hydrogens (tertiary/aromatic N) is 10. The van der Waals surface area contributed by atoms with Crippen LogP contribution in [-0.2, 0) is 108 Å². The Morgan fingerprint density at radius 1 is 0.444 bits per heavy atom. The van der Waals surface area contributed by atoms with Gasteiger partial charge in [0.1, 0.15) is 58.7 Å². The average Bonchev–Trinajstić information content (AvgIpc) is 1.69. The predicted octanol–water partition coefficient (Wildman–Crippen LogP) is 3.10. The number of esters is 3. The zero-order valence-electron chi connectivity index (χ0n) is 77.2. The Morgan fingerprint density at radius 3 is 1.15 bits per heavy atom. The van der Waals surface area contributed by atoms with Crippen molar-refractivity contribution in [3.05, 3.63) is 119 Å². The van der Waals surface area contributed by atoms with E-state index in [4.69, 9.17) is 14.2 Å². The number of benzene rings is 4. The minimum atomic E-state index is -1.77. The summed E-state index contributed by atoms with van der Waals surface area (Å²) in [7, 11) is 3.20. The second kappa shape index (κ2) is 47.7. The van der Waals surface area contributed by atoms with Gasteiger partial charge in [0.05, 0.1) is 74.2 Å². The van der Waals surface area contributed by atoms with E-state index >= 15 is 4.79 Å². The highest BCUT2D eigenvalue weighted by Gasteiger charge is 2.37. The van der Waals surface area contributed by atoms with E-state index in [1.807, 2.05) is 53.4 Å². The number of para-hydroxylation sites is 4. The van der Waals surface area contributed by atoms with Crippen molar-refractivity contribution in [3.63, 3.8) is 0 Å². The van der Waals surface area contributed by atoms with Crippen LogP contribution in [0, 0.1) is 0 Å². The molecule has 42 nitrogen and oxygen atoms in total. The first-order chi connectivity index (χ1) is 62.7. The number of carbonyl (C=O) groups excluding carboxylic acids is 12. The highest BCUT2D eigenvalue weighted by Crippen LogP contribution is 2.30. The maximum Gasteiger partial charge on any atom is 0.320 e. The molecule has 13 N–H and O–H groups in total. The smallest absolute Gasteiger partial charge is 0.320 e. The lowest BCUT2D eigenvalue weighted by Crippen LogP contribution is -2.56. The number of fused-ring (bicyclic) bond motifs is 4. The summed E-state index contributed by atoms with van der Waals surface area (Å²) >= 11 is 0. The lowest BCUT2D eigenvalue weighted by Gasteiger charge is -2.34. The van der Waals surface area contributed by atoms with Crippen molar-refractivity contribution in [1.29, 1.82) is 0 Å². The monoisotopic (exact) mass is 1850 g/mol. The highest BCUT2D eigenvalue weighted by atomic mass is 16.6. The van der Waals surface area contributed by atoms with Gasteiger partial charge in [0.2, 0.25) is 41.4 Å². The molecule has 0 aliphatic carbocycles. The summed E-state index contributed by atoms with van der Waals surface area (Å²) in [4.78, 5) is 247. The molecule has 5 atom stereocenters. The maximum atomic E-state index is 15.1. The molecule has 1 saturated heterocycles. The predicted molar refractivity (Wildman–Crippen MR) is 484 cm³/mol. The fourth-order valence-corrected chi connectivity index (χ4v) is 15.4. The Hall–Kier alpha value is -13.2. The Morgan fingerprint density at radius 2 is 0.789 bits per heavy atom. The zero-order chi connectivity index (χ0) is 97.2. The molecule has 0 bridgehead atoms. The molecule has 1 fully saturated rings. The summed E-state index contributed by atoms with van der Waals surface area (Å²) in [6.07, 6.45) is -4.90. The number of aromatic amines is 2. The molecule has 3 aliphatic rings. The maximum absolute atomic E-state index is 15.1. The molecule has 9 rings (SSSR count). The Labute approximate surface area is 770 Å². The lowest BCUT2D eigenvalue weighted by molar-refractivity contribution is -0.158. The molecular weight excluding hydrogens is 1730 g/mol. The van der Waals surface area contributed by atoms with E-state index in [9.17, 15) is 92.3 Å². The van der Waals surface area contributed by atoms with Gasteiger partial charge >= 0.3 is 41.8 Å². The standard InChI is InChI=1S/C91H125N19O23/c1-89(2,3)131-79(121)53-106-38-36-105(37-39-107(54-80(122)132-90(4,5)6)41-43-108(42-40-106)55-81(123)133-91(7,8)9)52-74(112)101-68(84(126)102-67(28-31-76(115)116)83(125)93-33-17-35-110-49-59-45-57(23-25-61(59)95-70(88(110)130)47-78(119)120)86(128)104(11)51-72-98-64-20-14-15-21-65(64)99-72)26-29-73(111)100-66(27-30-75(113)114)82(124)92-32-16-34-109-48-58-44-56(22-24-60(58)94-69(87(109)129)46-77(117)118)85(127)103(10)50-71-96-62-18-12-13-19-63(62)97-71/h12-15,18-25,44-45,66-70,94-95H,16-17,26-43,46-55H2,1-11H3,(H,92,124)(H,93,125)(H,96,97)(H,98,99)(H,100,111)(H,101,112)(H,102,126)(H,113,114)(H,115,116)(H,117,118)(H,119,120)/t66-,67-,68-,69+,70-/m0/s1. The first-order valence-corrected chi connectivity index (χ1v) is 44.4. The minimum Gasteiger partial charge on any atom is -0.481 e. The van der Waals surface area contributed by atoms with Gasteiger partial charge in [-0.1, -0.05) is 24.3 Å². The van der Waals surface area contributed by atoms with Gasteiger partial charge in [-0.05, 0) is 166 Å².